The lowest BCUT2D eigenvalue weighted by atomic mass is 10.0. The number of nitrogens with zero attached hydrogens (tertiary/aromatic N) is 2. The van der Waals surface area contributed by atoms with Gasteiger partial charge in [-0.15, -0.1) is 0 Å². The molecule has 0 spiro atoms. The van der Waals surface area contributed by atoms with Gasteiger partial charge in [0.15, 0.2) is 5.78 Å². The Kier molecular flexibility index (Phi) is 3.33. The molecular formula is C15H11IN2O. The van der Waals surface area contributed by atoms with Crippen LogP contribution in [0.1, 0.15) is 15.9 Å². The molecule has 3 aromatic rings. The quantitative estimate of drug-likeness (QED) is 0.529. The maximum Gasteiger partial charge on any atom is 0.171 e. The Balaban J connectivity index is 1.90. The van der Waals surface area contributed by atoms with Gasteiger partial charge in [-0.1, -0.05) is 18.2 Å². The molecule has 3 nitrogen and oxygen atoms in total. The molecule has 0 aliphatic heterocycles. The number of carbonyl (C=O) groups is 1. The van der Waals surface area contributed by atoms with E-state index in [2.05, 4.69) is 27.7 Å². The van der Waals surface area contributed by atoms with E-state index in [1.54, 1.807) is 10.7 Å². The van der Waals surface area contributed by atoms with E-state index in [4.69, 9.17) is 0 Å². The van der Waals surface area contributed by atoms with Crippen LogP contribution in [0.5, 0.6) is 0 Å². The van der Waals surface area contributed by atoms with Gasteiger partial charge < -0.3 is 0 Å². The number of rotatable bonds is 3. The lowest BCUT2D eigenvalue weighted by Crippen LogP contribution is -2.03. The van der Waals surface area contributed by atoms with Crippen LogP contribution in [0.4, 0.5) is 0 Å². The summed E-state index contributed by atoms with van der Waals surface area (Å²) in [4.78, 5) is 12.3. The number of pyridine rings is 1. The van der Waals surface area contributed by atoms with Crippen LogP contribution in [-0.4, -0.2) is 15.4 Å². The normalized spacial score (nSPS) is 10.8. The number of Topliss-reactive ketones (excluding diaryl/α,β-unsaturated/α-hetero) is 1. The minimum atomic E-state index is 0.0995. The molecule has 0 aliphatic rings. The van der Waals surface area contributed by atoms with Gasteiger partial charge in [0.1, 0.15) is 0 Å². The van der Waals surface area contributed by atoms with Crippen molar-refractivity contribution in [1.29, 1.82) is 0 Å². The molecule has 0 atom stereocenters. The molecule has 0 fully saturated rings. The van der Waals surface area contributed by atoms with Gasteiger partial charge in [-0.2, -0.15) is 5.10 Å². The molecule has 0 saturated heterocycles. The highest BCUT2D eigenvalue weighted by Gasteiger charge is 2.12. The average molecular weight is 362 g/mol. The highest BCUT2D eigenvalue weighted by Crippen LogP contribution is 2.14. The van der Waals surface area contributed by atoms with Gasteiger partial charge in [-0.05, 0) is 52.4 Å². The van der Waals surface area contributed by atoms with Crippen molar-refractivity contribution in [2.24, 2.45) is 0 Å². The van der Waals surface area contributed by atoms with Crippen LogP contribution in [0.15, 0.2) is 54.9 Å². The molecule has 1 aromatic carbocycles. The van der Waals surface area contributed by atoms with Crippen LogP contribution in [0.25, 0.3) is 5.52 Å². The van der Waals surface area contributed by atoms with Crippen molar-refractivity contribution in [3.8, 4) is 0 Å². The number of halogens is 1. The zero-order valence-electron chi connectivity index (χ0n) is 10.1. The fourth-order valence-corrected chi connectivity index (χ4v) is 2.39. The Morgan fingerprint density at radius 2 is 1.95 bits per heavy atom. The van der Waals surface area contributed by atoms with Crippen LogP contribution < -0.4 is 0 Å². The standard InChI is InChI=1S/C15H11IN2O/c16-12-6-4-11(5-7-12)9-15(19)13-10-17-18-8-2-1-3-14(13)18/h1-8,10H,9H2. The fourth-order valence-electron chi connectivity index (χ4n) is 2.03. The summed E-state index contributed by atoms with van der Waals surface area (Å²) in [5, 5.41) is 4.19. The lowest BCUT2D eigenvalue weighted by Gasteiger charge is -2.00. The monoisotopic (exact) mass is 362 g/mol. The number of benzene rings is 1. The van der Waals surface area contributed by atoms with Crippen molar-refractivity contribution < 1.29 is 4.79 Å². The maximum absolute atomic E-state index is 12.3. The molecule has 19 heavy (non-hydrogen) atoms. The Morgan fingerprint density at radius 3 is 2.74 bits per heavy atom. The number of aromatic nitrogens is 2. The first-order valence-electron chi connectivity index (χ1n) is 5.94. The SMILES string of the molecule is O=C(Cc1ccc(I)cc1)c1cnn2ccccc12. The summed E-state index contributed by atoms with van der Waals surface area (Å²) in [6.45, 7) is 0. The second-order valence-corrected chi connectivity index (χ2v) is 5.56. The van der Waals surface area contributed by atoms with Crippen molar-refractivity contribution in [3.63, 3.8) is 0 Å². The second-order valence-electron chi connectivity index (χ2n) is 4.32. The molecule has 4 heteroatoms. The van der Waals surface area contributed by atoms with E-state index < -0.39 is 0 Å². The molecule has 94 valence electrons. The van der Waals surface area contributed by atoms with Crippen LogP contribution in [0, 0.1) is 3.57 Å². The number of hydrogen-bond donors (Lipinski definition) is 0. The molecule has 3 rings (SSSR count). The van der Waals surface area contributed by atoms with Crippen LogP contribution in [0.2, 0.25) is 0 Å². The first-order chi connectivity index (χ1) is 9.24. The van der Waals surface area contributed by atoms with Gasteiger partial charge in [0.2, 0.25) is 0 Å². The third-order valence-electron chi connectivity index (χ3n) is 3.00. The molecule has 0 radical (unpaired) electrons. The Hall–Kier alpha value is -1.69. The summed E-state index contributed by atoms with van der Waals surface area (Å²) in [6.07, 6.45) is 3.90. The van der Waals surface area contributed by atoms with Crippen molar-refractivity contribution in [1.82, 2.24) is 9.61 Å². The maximum atomic E-state index is 12.3. The van der Waals surface area contributed by atoms with Gasteiger partial charge >= 0.3 is 0 Å². The van der Waals surface area contributed by atoms with Gasteiger partial charge in [0.25, 0.3) is 0 Å². The third-order valence-corrected chi connectivity index (χ3v) is 3.72. The molecule has 0 saturated carbocycles. The molecule has 0 N–H and O–H groups in total. The molecule has 2 aromatic heterocycles. The van der Waals surface area contributed by atoms with E-state index in [1.807, 2.05) is 48.7 Å². The molecule has 0 bridgehead atoms. The summed E-state index contributed by atoms with van der Waals surface area (Å²) in [5.41, 5.74) is 2.57. The Bertz CT molecular complexity index is 731. The lowest BCUT2D eigenvalue weighted by molar-refractivity contribution is 0.0994. The summed E-state index contributed by atoms with van der Waals surface area (Å²) >= 11 is 2.25. The zero-order chi connectivity index (χ0) is 13.2. The number of fused-ring (bicyclic) bond motifs is 1. The van der Waals surface area contributed by atoms with Crippen molar-refractivity contribution in [3.05, 3.63) is 69.6 Å². The van der Waals surface area contributed by atoms with E-state index in [9.17, 15) is 4.79 Å². The molecule has 0 amide bonds. The molecule has 0 aliphatic carbocycles. The van der Waals surface area contributed by atoms with Crippen molar-refractivity contribution in [2.75, 3.05) is 0 Å². The van der Waals surface area contributed by atoms with Gasteiger partial charge in [0.05, 0.1) is 17.3 Å². The summed E-state index contributed by atoms with van der Waals surface area (Å²) < 4.78 is 2.89. The Morgan fingerprint density at radius 1 is 1.16 bits per heavy atom. The van der Waals surface area contributed by atoms with E-state index in [0.717, 1.165) is 11.1 Å². The highest BCUT2D eigenvalue weighted by atomic mass is 127. The number of hydrogen-bond acceptors (Lipinski definition) is 2. The van der Waals surface area contributed by atoms with E-state index in [0.29, 0.717) is 12.0 Å². The van der Waals surface area contributed by atoms with E-state index in [1.165, 1.54) is 3.57 Å². The fraction of sp³-hybridized carbons (Fsp3) is 0.0667. The summed E-state index contributed by atoms with van der Waals surface area (Å²) in [6, 6.07) is 13.7. The summed E-state index contributed by atoms with van der Waals surface area (Å²) in [7, 11) is 0. The smallest absolute Gasteiger partial charge is 0.171 e. The van der Waals surface area contributed by atoms with Gasteiger partial charge in [0, 0.05) is 16.2 Å². The highest BCUT2D eigenvalue weighted by molar-refractivity contribution is 14.1. The largest absolute Gasteiger partial charge is 0.294 e. The van der Waals surface area contributed by atoms with Crippen LogP contribution >= 0.6 is 22.6 Å². The first-order valence-corrected chi connectivity index (χ1v) is 7.02. The molecular weight excluding hydrogens is 351 g/mol. The first kappa shape index (κ1) is 12.3. The predicted molar refractivity (Wildman–Crippen MR) is 82.4 cm³/mol. The van der Waals surface area contributed by atoms with Crippen LogP contribution in [-0.2, 0) is 6.42 Å². The molecule has 2 heterocycles. The van der Waals surface area contributed by atoms with E-state index in [-0.39, 0.29) is 5.78 Å². The number of ketones is 1. The van der Waals surface area contributed by atoms with Crippen molar-refractivity contribution >= 4 is 33.9 Å². The minimum absolute atomic E-state index is 0.0995. The molecule has 0 unspecified atom stereocenters. The number of carbonyl (C=O) groups excluding carboxylic acids is 1. The topological polar surface area (TPSA) is 34.4 Å². The predicted octanol–water partition coefficient (Wildman–Crippen LogP) is 3.36. The second kappa shape index (κ2) is 5.13. The minimum Gasteiger partial charge on any atom is -0.294 e. The van der Waals surface area contributed by atoms with Gasteiger partial charge in [-0.3, -0.25) is 4.79 Å². The summed E-state index contributed by atoms with van der Waals surface area (Å²) in [5.74, 6) is 0.0995. The van der Waals surface area contributed by atoms with E-state index >= 15 is 0 Å². The van der Waals surface area contributed by atoms with Crippen LogP contribution in [0.3, 0.4) is 0 Å². The van der Waals surface area contributed by atoms with Crippen molar-refractivity contribution in [2.45, 2.75) is 6.42 Å². The average Bonchev–Trinajstić information content (AvgIpc) is 2.85. The zero-order valence-corrected chi connectivity index (χ0v) is 12.2. The Labute approximate surface area is 124 Å². The third kappa shape index (κ3) is 2.53. The van der Waals surface area contributed by atoms with Gasteiger partial charge in [-0.25, -0.2) is 4.52 Å².